The third-order valence-corrected chi connectivity index (χ3v) is 5.45. The number of hydrogen-bond donors (Lipinski definition) is 2. The zero-order valence-corrected chi connectivity index (χ0v) is 16.5. The van der Waals surface area contributed by atoms with Gasteiger partial charge in [-0.15, -0.1) is 10.2 Å². The van der Waals surface area contributed by atoms with E-state index in [1.165, 1.54) is 12.8 Å². The number of para-hydroxylation sites is 2. The molecule has 2 aromatic heterocycles. The van der Waals surface area contributed by atoms with Gasteiger partial charge < -0.3 is 9.47 Å². The number of carbonyl (C=O) groups is 1. The molecule has 1 aliphatic heterocycles. The van der Waals surface area contributed by atoms with Crippen LogP contribution < -0.4 is 5.32 Å². The van der Waals surface area contributed by atoms with Crippen LogP contribution in [0.25, 0.3) is 22.4 Å². The lowest BCUT2D eigenvalue weighted by molar-refractivity contribution is 0.102. The number of aromatic nitrogens is 6. The van der Waals surface area contributed by atoms with Crippen LogP contribution in [0, 0.1) is 0 Å². The number of aromatic amines is 1. The van der Waals surface area contributed by atoms with E-state index in [2.05, 4.69) is 40.4 Å². The van der Waals surface area contributed by atoms with Crippen molar-refractivity contribution in [1.82, 2.24) is 35.1 Å². The number of H-pyrrole nitrogens is 1. The summed E-state index contributed by atoms with van der Waals surface area (Å²) >= 11 is 0. The summed E-state index contributed by atoms with van der Waals surface area (Å²) in [4.78, 5) is 20.1. The molecule has 9 nitrogen and oxygen atoms in total. The molecule has 152 valence electrons. The summed E-state index contributed by atoms with van der Waals surface area (Å²) in [5.74, 6) is 0.783. The van der Waals surface area contributed by atoms with Crippen LogP contribution in [0.5, 0.6) is 0 Å². The lowest BCUT2D eigenvalue weighted by Crippen LogP contribution is -2.25. The predicted octanol–water partition coefficient (Wildman–Crippen LogP) is 2.56. The number of amides is 1. The first-order valence-electron chi connectivity index (χ1n) is 10.1. The highest BCUT2D eigenvalue weighted by molar-refractivity contribution is 6.04. The van der Waals surface area contributed by atoms with Gasteiger partial charge in [-0.25, -0.2) is 4.98 Å². The van der Waals surface area contributed by atoms with Gasteiger partial charge >= 0.3 is 0 Å². The molecule has 1 saturated heterocycles. The lowest BCUT2D eigenvalue weighted by Gasteiger charge is -2.16. The van der Waals surface area contributed by atoms with Gasteiger partial charge in [-0.2, -0.15) is 5.21 Å². The molecule has 0 atom stereocenters. The Hall–Kier alpha value is -3.59. The third-order valence-electron chi connectivity index (χ3n) is 5.45. The molecule has 1 aliphatic rings. The standard InChI is InChI=1S/C21H22N8O/c30-20(16-7-5-6-15(14-16)19-24-26-27-25-19)23-21-22-17-8-1-2-9-18(17)29(21)13-12-28-10-3-4-11-28/h1-2,5-9,14H,3-4,10-13H2,(H,22,23,30)(H,24,25,26,27). The van der Waals surface area contributed by atoms with E-state index in [9.17, 15) is 4.79 Å². The van der Waals surface area contributed by atoms with Crippen LogP contribution in [0.1, 0.15) is 23.2 Å². The molecule has 3 heterocycles. The van der Waals surface area contributed by atoms with Crippen molar-refractivity contribution in [3.05, 3.63) is 54.1 Å². The van der Waals surface area contributed by atoms with Crippen molar-refractivity contribution in [2.24, 2.45) is 0 Å². The highest BCUT2D eigenvalue weighted by atomic mass is 16.1. The number of imidazole rings is 1. The van der Waals surface area contributed by atoms with E-state index in [4.69, 9.17) is 0 Å². The van der Waals surface area contributed by atoms with Crippen LogP contribution in [-0.4, -0.2) is 60.6 Å². The maximum absolute atomic E-state index is 13.0. The second kappa shape index (κ2) is 8.03. The van der Waals surface area contributed by atoms with Crippen LogP contribution in [0.3, 0.4) is 0 Å². The smallest absolute Gasteiger partial charge is 0.257 e. The molecule has 0 bridgehead atoms. The first-order valence-corrected chi connectivity index (χ1v) is 10.1. The van der Waals surface area contributed by atoms with E-state index in [0.29, 0.717) is 17.3 Å². The Morgan fingerprint density at radius 1 is 1.07 bits per heavy atom. The molecule has 1 amide bonds. The van der Waals surface area contributed by atoms with Crippen molar-refractivity contribution in [2.45, 2.75) is 19.4 Å². The normalized spacial score (nSPS) is 14.4. The predicted molar refractivity (Wildman–Crippen MR) is 113 cm³/mol. The molecule has 4 aromatic rings. The highest BCUT2D eigenvalue weighted by Crippen LogP contribution is 2.22. The molecule has 5 rings (SSSR count). The molecule has 9 heteroatoms. The minimum absolute atomic E-state index is 0.224. The van der Waals surface area contributed by atoms with Crippen LogP contribution >= 0.6 is 0 Å². The molecule has 2 N–H and O–H groups in total. The first-order chi connectivity index (χ1) is 14.8. The van der Waals surface area contributed by atoms with Crippen LogP contribution in [0.2, 0.25) is 0 Å². The summed E-state index contributed by atoms with van der Waals surface area (Å²) in [5, 5.41) is 16.9. The molecule has 0 saturated carbocycles. The van der Waals surface area contributed by atoms with Crippen molar-refractivity contribution in [2.75, 3.05) is 25.0 Å². The van der Waals surface area contributed by atoms with Gasteiger partial charge in [0.05, 0.1) is 11.0 Å². The van der Waals surface area contributed by atoms with Crippen LogP contribution in [-0.2, 0) is 6.54 Å². The SMILES string of the molecule is O=C(Nc1nc2ccccc2n1CCN1CCCC1)c1cccc(-c2nn[nH]n2)c1. The van der Waals surface area contributed by atoms with E-state index >= 15 is 0 Å². The van der Waals surface area contributed by atoms with Gasteiger partial charge in [-0.3, -0.25) is 10.1 Å². The van der Waals surface area contributed by atoms with Gasteiger partial charge in [0, 0.05) is 24.2 Å². The Morgan fingerprint density at radius 2 is 1.93 bits per heavy atom. The van der Waals surface area contributed by atoms with Gasteiger partial charge in [0.15, 0.2) is 0 Å². The molecule has 1 fully saturated rings. The number of carbonyl (C=O) groups excluding carboxylic acids is 1. The van der Waals surface area contributed by atoms with E-state index in [-0.39, 0.29) is 5.91 Å². The van der Waals surface area contributed by atoms with E-state index in [0.717, 1.165) is 42.8 Å². The fraction of sp³-hybridized carbons (Fsp3) is 0.286. The summed E-state index contributed by atoms with van der Waals surface area (Å²) in [7, 11) is 0. The summed E-state index contributed by atoms with van der Waals surface area (Å²) < 4.78 is 2.09. The summed E-state index contributed by atoms with van der Waals surface area (Å²) in [6, 6.07) is 15.1. The summed E-state index contributed by atoms with van der Waals surface area (Å²) in [6.45, 7) is 3.99. The van der Waals surface area contributed by atoms with Crippen molar-refractivity contribution in [1.29, 1.82) is 0 Å². The minimum Gasteiger partial charge on any atom is -0.309 e. The Morgan fingerprint density at radius 3 is 2.77 bits per heavy atom. The number of rotatable bonds is 6. The minimum atomic E-state index is -0.224. The Labute approximate surface area is 173 Å². The van der Waals surface area contributed by atoms with E-state index < -0.39 is 0 Å². The number of nitrogens with one attached hydrogen (secondary N) is 2. The lowest BCUT2D eigenvalue weighted by atomic mass is 10.1. The zero-order valence-electron chi connectivity index (χ0n) is 16.5. The maximum atomic E-state index is 13.0. The molecule has 2 aromatic carbocycles. The maximum Gasteiger partial charge on any atom is 0.257 e. The molecule has 0 aliphatic carbocycles. The van der Waals surface area contributed by atoms with Crippen molar-refractivity contribution in [3.8, 4) is 11.4 Å². The first kappa shape index (κ1) is 18.4. The van der Waals surface area contributed by atoms with Crippen LogP contribution in [0.15, 0.2) is 48.5 Å². The van der Waals surface area contributed by atoms with Gasteiger partial charge in [0.2, 0.25) is 11.8 Å². The Bertz CT molecular complexity index is 1160. The molecule has 0 spiro atoms. The quantitative estimate of drug-likeness (QED) is 0.514. The van der Waals surface area contributed by atoms with E-state index in [1.54, 1.807) is 18.2 Å². The van der Waals surface area contributed by atoms with Gasteiger partial charge in [0.1, 0.15) is 0 Å². The molecule has 0 unspecified atom stereocenters. The Balaban J connectivity index is 1.41. The molecular formula is C21H22N8O. The van der Waals surface area contributed by atoms with E-state index in [1.807, 2.05) is 30.3 Å². The number of likely N-dealkylation sites (tertiary alicyclic amines) is 1. The van der Waals surface area contributed by atoms with Crippen molar-refractivity contribution >= 4 is 22.9 Å². The van der Waals surface area contributed by atoms with Crippen LogP contribution in [0.4, 0.5) is 5.95 Å². The van der Waals surface area contributed by atoms with Crippen molar-refractivity contribution < 1.29 is 4.79 Å². The second-order valence-corrected chi connectivity index (χ2v) is 7.39. The monoisotopic (exact) mass is 402 g/mol. The van der Waals surface area contributed by atoms with Crippen molar-refractivity contribution in [3.63, 3.8) is 0 Å². The molecule has 0 radical (unpaired) electrons. The number of fused-ring (bicyclic) bond motifs is 1. The third kappa shape index (κ3) is 3.67. The fourth-order valence-electron chi connectivity index (χ4n) is 3.90. The number of anilines is 1. The summed E-state index contributed by atoms with van der Waals surface area (Å²) in [5.41, 5.74) is 3.12. The van der Waals surface area contributed by atoms with Gasteiger partial charge in [-0.05, 0) is 55.4 Å². The Kier molecular flexibility index (Phi) is 4.94. The average molecular weight is 402 g/mol. The highest BCUT2D eigenvalue weighted by Gasteiger charge is 2.17. The second-order valence-electron chi connectivity index (χ2n) is 7.39. The average Bonchev–Trinajstić information content (AvgIpc) is 3.53. The number of benzene rings is 2. The summed E-state index contributed by atoms with van der Waals surface area (Å²) in [6.07, 6.45) is 2.51. The number of tetrazole rings is 1. The van der Waals surface area contributed by atoms with Gasteiger partial charge in [-0.1, -0.05) is 24.3 Å². The zero-order chi connectivity index (χ0) is 20.3. The molecular weight excluding hydrogens is 380 g/mol. The largest absolute Gasteiger partial charge is 0.309 e. The fourth-order valence-corrected chi connectivity index (χ4v) is 3.90. The number of nitrogens with zero attached hydrogens (tertiary/aromatic N) is 6. The van der Waals surface area contributed by atoms with Gasteiger partial charge in [0.25, 0.3) is 5.91 Å². The number of hydrogen-bond acceptors (Lipinski definition) is 6. The molecule has 30 heavy (non-hydrogen) atoms. The topological polar surface area (TPSA) is 105 Å².